The summed E-state index contributed by atoms with van der Waals surface area (Å²) in [7, 11) is 0. The molecule has 1 unspecified atom stereocenters. The Labute approximate surface area is 226 Å². The molecular formula is C31H27ClN2O2S. The van der Waals surface area contributed by atoms with Crippen LogP contribution < -0.4 is 0 Å². The van der Waals surface area contributed by atoms with Crippen molar-refractivity contribution in [3.8, 4) is 11.1 Å². The van der Waals surface area contributed by atoms with Gasteiger partial charge in [0.2, 0.25) is 5.91 Å². The van der Waals surface area contributed by atoms with E-state index in [4.69, 9.17) is 11.6 Å². The lowest BCUT2D eigenvalue weighted by atomic mass is 9.93. The number of thiophene rings is 1. The average molecular weight is 527 g/mol. The lowest BCUT2D eigenvalue weighted by Gasteiger charge is -2.37. The van der Waals surface area contributed by atoms with Crippen LogP contribution in [0.3, 0.4) is 0 Å². The number of rotatable bonds is 7. The highest BCUT2D eigenvalue weighted by Crippen LogP contribution is 2.38. The third-order valence-electron chi connectivity index (χ3n) is 6.67. The highest BCUT2D eigenvalue weighted by atomic mass is 35.5. The van der Waals surface area contributed by atoms with Crippen molar-refractivity contribution in [1.82, 2.24) is 9.80 Å². The molecule has 0 spiro atoms. The van der Waals surface area contributed by atoms with E-state index in [1.807, 2.05) is 83.8 Å². The number of carbonyl (C=O) groups excluding carboxylic acids is 2. The molecule has 0 bridgehead atoms. The fourth-order valence-electron chi connectivity index (χ4n) is 4.84. The van der Waals surface area contributed by atoms with Crippen molar-refractivity contribution in [2.45, 2.75) is 12.5 Å². The molecule has 2 heterocycles. The molecule has 0 radical (unpaired) electrons. The Balaban J connectivity index is 1.37. The van der Waals surface area contributed by atoms with E-state index < -0.39 is 0 Å². The monoisotopic (exact) mass is 526 g/mol. The van der Waals surface area contributed by atoms with Gasteiger partial charge in [0, 0.05) is 28.6 Å². The van der Waals surface area contributed by atoms with Gasteiger partial charge in [0.15, 0.2) is 0 Å². The summed E-state index contributed by atoms with van der Waals surface area (Å²) in [5.41, 5.74) is 4.82. The summed E-state index contributed by atoms with van der Waals surface area (Å²) in [4.78, 5) is 31.9. The molecule has 4 aromatic rings. The fourth-order valence-corrected chi connectivity index (χ4v) is 5.87. The van der Waals surface area contributed by atoms with Crippen LogP contribution in [0.2, 0.25) is 5.02 Å². The largest absolute Gasteiger partial charge is 0.330 e. The summed E-state index contributed by atoms with van der Waals surface area (Å²) in [6.07, 6.45) is 2.46. The molecule has 1 atom stereocenters. The Morgan fingerprint density at radius 1 is 0.973 bits per heavy atom. The van der Waals surface area contributed by atoms with Gasteiger partial charge < -0.3 is 9.80 Å². The molecule has 186 valence electrons. The molecule has 4 nitrogen and oxygen atoms in total. The predicted molar refractivity (Wildman–Crippen MR) is 151 cm³/mol. The van der Waals surface area contributed by atoms with E-state index in [1.54, 1.807) is 22.3 Å². The lowest BCUT2D eigenvalue weighted by molar-refractivity contribution is -0.133. The van der Waals surface area contributed by atoms with Gasteiger partial charge in [-0.25, -0.2) is 0 Å². The maximum atomic E-state index is 13.7. The molecule has 1 aromatic heterocycles. The average Bonchev–Trinajstić information content (AvgIpc) is 3.42. The van der Waals surface area contributed by atoms with Crippen LogP contribution in [0.25, 0.3) is 11.1 Å². The second kappa shape index (κ2) is 11.2. The molecule has 0 fully saturated rings. The zero-order valence-corrected chi connectivity index (χ0v) is 21.9. The molecule has 0 N–H and O–H groups in total. The maximum absolute atomic E-state index is 13.7. The first-order valence-corrected chi connectivity index (χ1v) is 13.5. The Morgan fingerprint density at radius 3 is 2.38 bits per heavy atom. The van der Waals surface area contributed by atoms with Gasteiger partial charge >= 0.3 is 0 Å². The minimum absolute atomic E-state index is 0.0190. The Hall–Kier alpha value is -3.67. The highest BCUT2D eigenvalue weighted by molar-refractivity contribution is 7.10. The number of halogens is 1. The number of amides is 2. The van der Waals surface area contributed by atoms with Crippen molar-refractivity contribution < 1.29 is 9.59 Å². The van der Waals surface area contributed by atoms with E-state index >= 15 is 0 Å². The van der Waals surface area contributed by atoms with Crippen LogP contribution in [-0.2, 0) is 11.2 Å². The standard InChI is InChI=1S/C31H27ClN2O2S/c1-2-18-33(31(36)25-10-8-23(9-11-25)22-6-4-3-5-7-22)21-29(35)34-19-16-28-27(17-20-37-28)30(34)24-12-14-26(32)15-13-24/h2-15,17,20,30H,1,16,18-19,21H2. The van der Waals surface area contributed by atoms with Crippen LogP contribution in [0, 0.1) is 0 Å². The normalized spacial score (nSPS) is 14.6. The van der Waals surface area contributed by atoms with Gasteiger partial charge in [-0.2, -0.15) is 0 Å². The van der Waals surface area contributed by atoms with Crippen molar-refractivity contribution >= 4 is 34.8 Å². The van der Waals surface area contributed by atoms with Crippen molar-refractivity contribution in [2.75, 3.05) is 19.6 Å². The van der Waals surface area contributed by atoms with Gasteiger partial charge in [0.1, 0.15) is 6.54 Å². The van der Waals surface area contributed by atoms with Crippen molar-refractivity contribution in [2.24, 2.45) is 0 Å². The first-order valence-electron chi connectivity index (χ1n) is 12.2. The Bertz CT molecular complexity index is 1400. The minimum atomic E-state index is -0.203. The van der Waals surface area contributed by atoms with Gasteiger partial charge in [-0.3, -0.25) is 9.59 Å². The third-order valence-corrected chi connectivity index (χ3v) is 7.92. The number of carbonyl (C=O) groups is 2. The number of hydrogen-bond acceptors (Lipinski definition) is 3. The molecule has 1 aliphatic rings. The first kappa shape index (κ1) is 25.0. The number of fused-ring (bicyclic) bond motifs is 1. The third kappa shape index (κ3) is 5.38. The Morgan fingerprint density at radius 2 is 1.68 bits per heavy atom. The van der Waals surface area contributed by atoms with E-state index in [0.717, 1.165) is 28.7 Å². The van der Waals surface area contributed by atoms with Crippen molar-refractivity contribution in [3.63, 3.8) is 0 Å². The van der Waals surface area contributed by atoms with Gasteiger partial charge in [-0.15, -0.1) is 17.9 Å². The molecule has 0 aliphatic carbocycles. The minimum Gasteiger partial charge on any atom is -0.330 e. The molecule has 6 heteroatoms. The lowest BCUT2D eigenvalue weighted by Crippen LogP contribution is -2.46. The second-order valence-electron chi connectivity index (χ2n) is 9.01. The zero-order chi connectivity index (χ0) is 25.8. The molecule has 37 heavy (non-hydrogen) atoms. The maximum Gasteiger partial charge on any atom is 0.254 e. The summed E-state index contributed by atoms with van der Waals surface area (Å²) in [5, 5.41) is 2.73. The van der Waals surface area contributed by atoms with Crippen LogP contribution >= 0.6 is 22.9 Å². The molecule has 1 aliphatic heterocycles. The van der Waals surface area contributed by atoms with E-state index in [2.05, 4.69) is 18.0 Å². The zero-order valence-electron chi connectivity index (χ0n) is 20.3. The topological polar surface area (TPSA) is 40.6 Å². The molecule has 3 aromatic carbocycles. The highest BCUT2D eigenvalue weighted by Gasteiger charge is 2.34. The second-order valence-corrected chi connectivity index (χ2v) is 10.4. The summed E-state index contributed by atoms with van der Waals surface area (Å²) in [5.74, 6) is -0.281. The van der Waals surface area contributed by atoms with E-state index in [0.29, 0.717) is 17.1 Å². The molecule has 2 amide bonds. The number of hydrogen-bond donors (Lipinski definition) is 0. The van der Waals surface area contributed by atoms with Gasteiger partial charge in [-0.1, -0.05) is 72.3 Å². The Kier molecular flexibility index (Phi) is 7.54. The van der Waals surface area contributed by atoms with Crippen LogP contribution in [-0.4, -0.2) is 41.2 Å². The number of benzene rings is 3. The smallest absolute Gasteiger partial charge is 0.254 e. The van der Waals surface area contributed by atoms with Gasteiger partial charge in [0.05, 0.1) is 6.04 Å². The van der Waals surface area contributed by atoms with Gasteiger partial charge in [0.25, 0.3) is 5.91 Å². The van der Waals surface area contributed by atoms with Gasteiger partial charge in [-0.05, 0) is 64.4 Å². The molecular weight excluding hydrogens is 500 g/mol. The van der Waals surface area contributed by atoms with Crippen molar-refractivity contribution in [3.05, 3.63) is 130 Å². The molecule has 0 saturated heterocycles. The van der Waals surface area contributed by atoms with Crippen LogP contribution in [0.4, 0.5) is 0 Å². The van der Waals surface area contributed by atoms with Crippen LogP contribution in [0.1, 0.15) is 32.4 Å². The molecule has 0 saturated carbocycles. The summed E-state index contributed by atoms with van der Waals surface area (Å²) in [6.45, 7) is 4.68. The summed E-state index contributed by atoms with van der Waals surface area (Å²) in [6, 6.07) is 27.1. The number of nitrogens with zero attached hydrogens (tertiary/aromatic N) is 2. The summed E-state index contributed by atoms with van der Waals surface area (Å²) < 4.78 is 0. The quantitative estimate of drug-likeness (QED) is 0.246. The van der Waals surface area contributed by atoms with Crippen LogP contribution in [0.15, 0.2) is 103 Å². The SMILES string of the molecule is C=CCN(CC(=O)N1CCc2sccc2C1c1ccc(Cl)cc1)C(=O)c1ccc(-c2ccccc2)cc1. The van der Waals surface area contributed by atoms with E-state index in [9.17, 15) is 9.59 Å². The molecule has 5 rings (SSSR count). The predicted octanol–water partition coefficient (Wildman–Crippen LogP) is 6.87. The summed E-state index contributed by atoms with van der Waals surface area (Å²) >= 11 is 7.86. The van der Waals surface area contributed by atoms with Crippen LogP contribution in [0.5, 0.6) is 0 Å². The van der Waals surface area contributed by atoms with E-state index in [-0.39, 0.29) is 30.9 Å². The first-order chi connectivity index (χ1) is 18.0. The van der Waals surface area contributed by atoms with E-state index in [1.165, 1.54) is 4.88 Å². The fraction of sp³-hybridized carbons (Fsp3) is 0.161. The van der Waals surface area contributed by atoms with Crippen molar-refractivity contribution in [1.29, 1.82) is 0 Å².